The molecule has 3 nitrogen and oxygen atoms in total. The number of anilines is 1. The highest BCUT2D eigenvalue weighted by Crippen LogP contribution is 2.26. The third-order valence-corrected chi connectivity index (χ3v) is 3.76. The summed E-state index contributed by atoms with van der Waals surface area (Å²) in [6.07, 6.45) is 0. The number of hydrogen-bond acceptors (Lipinski definition) is 3. The predicted molar refractivity (Wildman–Crippen MR) is 79.9 cm³/mol. The average molecular weight is 295 g/mol. The fraction of sp³-hybridized carbons (Fsp3) is 0.286. The van der Waals surface area contributed by atoms with Crippen LogP contribution in [0, 0.1) is 13.8 Å². The molecule has 0 radical (unpaired) electrons. The van der Waals surface area contributed by atoms with Gasteiger partial charge < -0.3 is 4.90 Å². The van der Waals surface area contributed by atoms with Gasteiger partial charge in [-0.15, -0.1) is 11.6 Å². The number of carbonyl (C=O) groups is 1. The summed E-state index contributed by atoms with van der Waals surface area (Å²) in [7, 11) is 0. The maximum Gasteiger partial charge on any atom is 0.242 e. The number of aryl methyl sites for hydroxylation is 2. The van der Waals surface area contributed by atoms with Crippen LogP contribution in [0.3, 0.4) is 0 Å². The molecule has 0 atom stereocenters. The lowest BCUT2D eigenvalue weighted by Crippen LogP contribution is -2.32. The molecule has 0 unspecified atom stereocenters. The van der Waals surface area contributed by atoms with Crippen molar-refractivity contribution in [3.63, 3.8) is 0 Å². The molecule has 19 heavy (non-hydrogen) atoms. The number of para-hydroxylation sites is 1. The van der Waals surface area contributed by atoms with E-state index in [0.29, 0.717) is 6.54 Å². The van der Waals surface area contributed by atoms with Crippen molar-refractivity contribution in [2.45, 2.75) is 20.4 Å². The van der Waals surface area contributed by atoms with Gasteiger partial charge in [0, 0.05) is 11.1 Å². The summed E-state index contributed by atoms with van der Waals surface area (Å²) >= 11 is 7.12. The number of benzene rings is 1. The number of nitrogens with zero attached hydrogens (tertiary/aromatic N) is 2. The van der Waals surface area contributed by atoms with Crippen molar-refractivity contribution < 1.29 is 4.79 Å². The number of hydrogen-bond donors (Lipinski definition) is 0. The molecule has 2 rings (SSSR count). The maximum absolute atomic E-state index is 12.1. The van der Waals surface area contributed by atoms with Gasteiger partial charge in [0.05, 0.1) is 12.2 Å². The average Bonchev–Trinajstić information content (AvgIpc) is 2.89. The number of aromatic nitrogens is 1. The summed E-state index contributed by atoms with van der Waals surface area (Å²) in [5.74, 6) is -0.134. The summed E-state index contributed by atoms with van der Waals surface area (Å²) in [5.41, 5.74) is 3.94. The van der Waals surface area contributed by atoms with E-state index in [9.17, 15) is 4.79 Å². The van der Waals surface area contributed by atoms with Crippen molar-refractivity contribution >= 4 is 34.7 Å². The molecule has 1 amide bonds. The van der Waals surface area contributed by atoms with Crippen LogP contribution in [0.4, 0.5) is 5.69 Å². The van der Waals surface area contributed by atoms with Gasteiger partial charge in [-0.2, -0.15) is 4.37 Å². The highest BCUT2D eigenvalue weighted by molar-refractivity contribution is 7.03. The number of alkyl halides is 1. The molecular formula is C14H15ClN2OS. The minimum absolute atomic E-state index is 0.0298. The second-order valence-electron chi connectivity index (χ2n) is 4.34. The maximum atomic E-state index is 12.1. The molecule has 2 aromatic rings. The molecule has 0 saturated heterocycles. The fourth-order valence-electron chi connectivity index (χ4n) is 2.08. The first-order valence-corrected chi connectivity index (χ1v) is 7.32. The van der Waals surface area contributed by atoms with Gasteiger partial charge in [0.15, 0.2) is 0 Å². The highest BCUT2D eigenvalue weighted by atomic mass is 35.5. The van der Waals surface area contributed by atoms with Gasteiger partial charge in [-0.05, 0) is 42.6 Å². The van der Waals surface area contributed by atoms with Gasteiger partial charge in [-0.25, -0.2) is 0 Å². The first kappa shape index (κ1) is 14.0. The SMILES string of the molecule is Cc1cccc(C)c1N(Cc1ccsn1)C(=O)CCl. The van der Waals surface area contributed by atoms with Crippen LogP contribution in [0.5, 0.6) is 0 Å². The molecule has 0 fully saturated rings. The Morgan fingerprint density at radius 2 is 2.00 bits per heavy atom. The van der Waals surface area contributed by atoms with Crippen LogP contribution >= 0.6 is 23.1 Å². The van der Waals surface area contributed by atoms with Crippen LogP contribution < -0.4 is 4.90 Å². The molecule has 100 valence electrons. The lowest BCUT2D eigenvalue weighted by molar-refractivity contribution is -0.116. The zero-order valence-corrected chi connectivity index (χ0v) is 12.5. The van der Waals surface area contributed by atoms with E-state index in [0.717, 1.165) is 22.5 Å². The zero-order chi connectivity index (χ0) is 13.8. The lowest BCUT2D eigenvalue weighted by Gasteiger charge is -2.25. The van der Waals surface area contributed by atoms with Crippen molar-refractivity contribution in [3.8, 4) is 0 Å². The first-order valence-electron chi connectivity index (χ1n) is 5.95. The van der Waals surface area contributed by atoms with Gasteiger partial charge in [0.1, 0.15) is 5.88 Å². The van der Waals surface area contributed by atoms with Gasteiger partial charge in [0.25, 0.3) is 0 Å². The Kier molecular flexibility index (Phi) is 4.56. The second kappa shape index (κ2) is 6.17. The van der Waals surface area contributed by atoms with E-state index in [4.69, 9.17) is 11.6 Å². The van der Waals surface area contributed by atoms with Crippen LogP contribution in [0.1, 0.15) is 16.8 Å². The Morgan fingerprint density at radius 1 is 1.32 bits per heavy atom. The quantitative estimate of drug-likeness (QED) is 0.808. The van der Waals surface area contributed by atoms with Gasteiger partial charge >= 0.3 is 0 Å². The molecule has 1 aromatic carbocycles. The summed E-state index contributed by atoms with van der Waals surface area (Å²) in [6.45, 7) is 4.45. The molecule has 5 heteroatoms. The number of carbonyl (C=O) groups excluding carboxylic acids is 1. The van der Waals surface area contributed by atoms with Crippen molar-refractivity contribution in [1.29, 1.82) is 0 Å². The molecule has 0 bridgehead atoms. The van der Waals surface area contributed by atoms with Crippen LogP contribution in [0.25, 0.3) is 0 Å². The molecule has 0 aliphatic carbocycles. The summed E-state index contributed by atoms with van der Waals surface area (Å²) in [4.78, 5) is 13.8. The second-order valence-corrected chi connectivity index (χ2v) is 5.28. The van der Waals surface area contributed by atoms with Crippen LogP contribution in [-0.2, 0) is 11.3 Å². The number of rotatable bonds is 4. The largest absolute Gasteiger partial charge is 0.305 e. The van der Waals surface area contributed by atoms with Crippen molar-refractivity contribution in [2.75, 3.05) is 10.8 Å². The Bertz CT molecular complexity index is 549. The first-order chi connectivity index (χ1) is 9.13. The smallest absolute Gasteiger partial charge is 0.242 e. The highest BCUT2D eigenvalue weighted by Gasteiger charge is 2.19. The summed E-state index contributed by atoms with van der Waals surface area (Å²) in [6, 6.07) is 7.91. The van der Waals surface area contributed by atoms with Gasteiger partial charge in [-0.1, -0.05) is 18.2 Å². The predicted octanol–water partition coefficient (Wildman–Crippen LogP) is 3.53. The third kappa shape index (κ3) is 3.14. The molecule has 0 saturated carbocycles. The summed E-state index contributed by atoms with van der Waals surface area (Å²) in [5, 5.41) is 1.91. The van der Waals surface area contributed by atoms with E-state index in [1.54, 1.807) is 4.90 Å². The zero-order valence-electron chi connectivity index (χ0n) is 10.9. The number of amides is 1. The van der Waals surface area contributed by atoms with Crippen LogP contribution in [0.15, 0.2) is 29.6 Å². The normalized spacial score (nSPS) is 10.5. The van der Waals surface area contributed by atoms with E-state index in [-0.39, 0.29) is 11.8 Å². The molecule has 0 aliphatic heterocycles. The third-order valence-electron chi connectivity index (χ3n) is 2.94. The van der Waals surface area contributed by atoms with Gasteiger partial charge in [0.2, 0.25) is 5.91 Å². The molecule has 1 aromatic heterocycles. The molecule has 0 spiro atoms. The Morgan fingerprint density at radius 3 is 2.53 bits per heavy atom. The van der Waals surface area contributed by atoms with Crippen LogP contribution in [-0.4, -0.2) is 16.2 Å². The van der Waals surface area contributed by atoms with E-state index >= 15 is 0 Å². The van der Waals surface area contributed by atoms with Crippen molar-refractivity contribution in [1.82, 2.24) is 4.37 Å². The minimum Gasteiger partial charge on any atom is -0.305 e. The molecular weight excluding hydrogens is 280 g/mol. The van der Waals surface area contributed by atoms with Crippen LogP contribution in [0.2, 0.25) is 0 Å². The van der Waals surface area contributed by atoms with E-state index in [2.05, 4.69) is 4.37 Å². The molecule has 0 N–H and O–H groups in total. The van der Waals surface area contributed by atoms with Crippen molar-refractivity contribution in [3.05, 3.63) is 46.5 Å². The lowest BCUT2D eigenvalue weighted by atomic mass is 10.1. The van der Waals surface area contributed by atoms with Gasteiger partial charge in [-0.3, -0.25) is 4.79 Å². The Hall–Kier alpha value is -1.39. The van der Waals surface area contributed by atoms with E-state index in [1.165, 1.54) is 11.5 Å². The Labute approximate surface area is 122 Å². The molecule has 0 aliphatic rings. The topological polar surface area (TPSA) is 33.2 Å². The Balaban J connectivity index is 2.40. The van der Waals surface area contributed by atoms with E-state index < -0.39 is 0 Å². The molecule has 1 heterocycles. The fourth-order valence-corrected chi connectivity index (χ4v) is 2.75. The standard InChI is InChI=1S/C14H15ClN2OS/c1-10-4-3-5-11(2)14(10)17(13(18)8-15)9-12-6-7-19-16-12/h3-7H,8-9H2,1-2H3. The van der Waals surface area contributed by atoms with E-state index in [1.807, 2.05) is 43.5 Å². The van der Waals surface area contributed by atoms with Crippen molar-refractivity contribution in [2.24, 2.45) is 0 Å². The minimum atomic E-state index is -0.105. The number of halogens is 1. The monoisotopic (exact) mass is 294 g/mol. The summed E-state index contributed by atoms with van der Waals surface area (Å²) < 4.78 is 4.26.